The molecule has 0 atom stereocenters. The van der Waals surface area contributed by atoms with Crippen molar-refractivity contribution in [2.45, 2.75) is 34.6 Å². The number of rotatable bonds is 4. The second kappa shape index (κ2) is 9.61. The van der Waals surface area contributed by atoms with Crippen molar-refractivity contribution in [2.75, 3.05) is 10.6 Å². The fraction of sp³-hybridized carbons (Fsp3) is 0.333. The smallest absolute Gasteiger partial charge is 0.250 e. The number of carbonyl (C=O) groups is 2. The first-order chi connectivity index (χ1) is 14.8. The number of nitrogens with zero attached hydrogens (tertiary/aromatic N) is 5. The van der Waals surface area contributed by atoms with Gasteiger partial charge < -0.3 is 5.32 Å². The maximum Gasteiger partial charge on any atom is 0.250 e. The molecule has 0 aliphatic rings. The number of thiazole rings is 1. The minimum absolute atomic E-state index is 0.00399. The fourth-order valence-corrected chi connectivity index (χ4v) is 3.31. The Labute approximate surface area is 183 Å². The van der Waals surface area contributed by atoms with Gasteiger partial charge in [-0.2, -0.15) is 15.2 Å². The average molecular weight is 440 g/mol. The predicted octanol–water partition coefficient (Wildman–Crippen LogP) is 3.92. The van der Waals surface area contributed by atoms with Crippen LogP contribution in [-0.2, 0) is 9.59 Å². The summed E-state index contributed by atoms with van der Waals surface area (Å²) in [7, 11) is 0. The van der Waals surface area contributed by atoms with Crippen molar-refractivity contribution in [3.8, 4) is 0 Å². The summed E-state index contributed by atoms with van der Waals surface area (Å²) in [5, 5.41) is 21.2. The number of amides is 2. The Balaban J connectivity index is 0.000000176. The zero-order valence-electron chi connectivity index (χ0n) is 18.1. The van der Waals surface area contributed by atoms with Gasteiger partial charge in [-0.1, -0.05) is 39.8 Å². The van der Waals surface area contributed by atoms with Crippen molar-refractivity contribution in [3.05, 3.63) is 41.7 Å². The molecule has 0 spiro atoms. The van der Waals surface area contributed by atoms with Gasteiger partial charge in [0.2, 0.25) is 22.7 Å². The highest BCUT2D eigenvalue weighted by atomic mass is 32.1. The molecule has 162 valence electrons. The van der Waals surface area contributed by atoms with Crippen LogP contribution in [0.25, 0.3) is 15.7 Å². The lowest BCUT2D eigenvalue weighted by Crippen LogP contribution is -2.18. The lowest BCUT2D eigenvalue weighted by molar-refractivity contribution is -0.119. The van der Waals surface area contributed by atoms with Crippen LogP contribution in [0.5, 0.6) is 0 Å². The van der Waals surface area contributed by atoms with Gasteiger partial charge in [-0.25, -0.2) is 4.52 Å². The third kappa shape index (κ3) is 5.40. The van der Waals surface area contributed by atoms with Crippen molar-refractivity contribution in [2.24, 2.45) is 11.8 Å². The third-order valence-electron chi connectivity index (χ3n) is 4.38. The number of nitrogens with one attached hydrogen (secondary N) is 2. The molecule has 2 amide bonds. The van der Waals surface area contributed by atoms with Gasteiger partial charge >= 0.3 is 0 Å². The first kappa shape index (κ1) is 22.3. The Kier molecular flexibility index (Phi) is 6.91. The number of anilines is 2. The highest BCUT2D eigenvalue weighted by Crippen LogP contribution is 2.21. The van der Waals surface area contributed by atoms with E-state index in [0.29, 0.717) is 5.95 Å². The molecular weight excluding hydrogens is 414 g/mol. The van der Waals surface area contributed by atoms with Gasteiger partial charge in [-0.3, -0.25) is 14.9 Å². The molecule has 10 heteroatoms. The highest BCUT2D eigenvalue weighted by Gasteiger charge is 2.12. The Bertz CT molecular complexity index is 1210. The van der Waals surface area contributed by atoms with E-state index in [9.17, 15) is 9.59 Å². The van der Waals surface area contributed by atoms with Crippen molar-refractivity contribution < 1.29 is 9.59 Å². The van der Waals surface area contributed by atoms with Crippen LogP contribution in [0.1, 0.15) is 33.4 Å². The summed E-state index contributed by atoms with van der Waals surface area (Å²) in [4.78, 5) is 28.0. The lowest BCUT2D eigenvalue weighted by Gasteiger charge is -2.09. The Hall–Kier alpha value is -3.40. The molecule has 0 saturated heterocycles. The number of benzene rings is 1. The molecule has 3 aromatic heterocycles. The van der Waals surface area contributed by atoms with Crippen LogP contribution in [0.3, 0.4) is 0 Å². The van der Waals surface area contributed by atoms with E-state index in [1.807, 2.05) is 58.2 Å². The van der Waals surface area contributed by atoms with Crippen LogP contribution in [-0.4, -0.2) is 36.6 Å². The van der Waals surface area contributed by atoms with Gasteiger partial charge in [0.1, 0.15) is 0 Å². The topological polar surface area (TPSA) is 114 Å². The van der Waals surface area contributed by atoms with Crippen molar-refractivity contribution in [1.29, 1.82) is 0 Å². The van der Waals surface area contributed by atoms with Gasteiger partial charge in [-0.05, 0) is 13.0 Å². The summed E-state index contributed by atoms with van der Waals surface area (Å²) in [6.45, 7) is 9.34. The molecule has 3 heterocycles. The van der Waals surface area contributed by atoms with E-state index in [1.54, 1.807) is 16.9 Å². The number of aryl methyl sites for hydroxylation is 1. The van der Waals surface area contributed by atoms with E-state index < -0.39 is 0 Å². The maximum atomic E-state index is 11.6. The standard InChI is InChI=1S/C12H13N3O.C9H12N4OS/c1-8(2)12(16)15-11-5-3-4-9-6-13-14-7-10(9)11;1-5(2)7(14)10-8-11-9-13(12-8)6(3)4-15-9/h3-8H,1-2H3,(H,15,16);4-5H,1-3H3,(H,10,12,14). The largest absolute Gasteiger partial charge is 0.325 e. The summed E-state index contributed by atoms with van der Waals surface area (Å²) < 4.78 is 1.72. The minimum atomic E-state index is -0.0640. The molecule has 0 unspecified atom stereocenters. The molecule has 4 aromatic rings. The van der Waals surface area contributed by atoms with Crippen molar-refractivity contribution in [1.82, 2.24) is 24.8 Å². The van der Waals surface area contributed by atoms with Gasteiger partial charge in [0, 0.05) is 28.0 Å². The number of carbonyl (C=O) groups excluding carboxylic acids is 2. The van der Waals surface area contributed by atoms with Gasteiger partial charge in [0.15, 0.2) is 0 Å². The molecule has 0 fully saturated rings. The van der Waals surface area contributed by atoms with E-state index >= 15 is 0 Å². The number of aromatic nitrogens is 5. The van der Waals surface area contributed by atoms with Crippen LogP contribution in [0.4, 0.5) is 11.6 Å². The van der Waals surface area contributed by atoms with E-state index in [0.717, 1.165) is 27.1 Å². The molecule has 0 radical (unpaired) electrons. The molecule has 31 heavy (non-hydrogen) atoms. The monoisotopic (exact) mass is 439 g/mol. The van der Waals surface area contributed by atoms with Crippen molar-refractivity contribution >= 4 is 50.5 Å². The Morgan fingerprint density at radius 2 is 1.68 bits per heavy atom. The first-order valence-electron chi connectivity index (χ1n) is 9.88. The van der Waals surface area contributed by atoms with Crippen molar-refractivity contribution in [3.63, 3.8) is 0 Å². The summed E-state index contributed by atoms with van der Waals surface area (Å²) >= 11 is 1.51. The highest BCUT2D eigenvalue weighted by molar-refractivity contribution is 7.15. The third-order valence-corrected chi connectivity index (χ3v) is 5.31. The fourth-order valence-electron chi connectivity index (χ4n) is 2.51. The van der Waals surface area contributed by atoms with Gasteiger partial charge in [0.05, 0.1) is 23.8 Å². The zero-order chi connectivity index (χ0) is 22.5. The summed E-state index contributed by atoms with van der Waals surface area (Å²) in [5.74, 6) is 0.219. The van der Waals surface area contributed by atoms with Crippen LogP contribution < -0.4 is 10.6 Å². The van der Waals surface area contributed by atoms with E-state index in [1.165, 1.54) is 11.3 Å². The average Bonchev–Trinajstić information content (AvgIpc) is 3.29. The van der Waals surface area contributed by atoms with Crippen LogP contribution in [0, 0.1) is 18.8 Å². The quantitative estimate of drug-likeness (QED) is 0.498. The molecule has 2 N–H and O–H groups in total. The van der Waals surface area contributed by atoms with Crippen LogP contribution >= 0.6 is 11.3 Å². The first-order valence-corrected chi connectivity index (χ1v) is 10.8. The number of fused-ring (bicyclic) bond motifs is 2. The summed E-state index contributed by atoms with van der Waals surface area (Å²) in [6.07, 6.45) is 3.34. The van der Waals surface area contributed by atoms with E-state index in [4.69, 9.17) is 0 Å². The lowest BCUT2D eigenvalue weighted by atomic mass is 10.1. The molecule has 0 aliphatic heterocycles. The van der Waals surface area contributed by atoms with E-state index in [-0.39, 0.29) is 23.7 Å². The SMILES string of the molecule is CC(C)C(=O)Nc1cccc2cnncc12.Cc1csc2nc(NC(=O)C(C)C)nn12. The van der Waals surface area contributed by atoms with Crippen LogP contribution in [0.2, 0.25) is 0 Å². The number of hydrogen-bond donors (Lipinski definition) is 2. The zero-order valence-corrected chi connectivity index (χ0v) is 18.9. The molecule has 1 aromatic carbocycles. The van der Waals surface area contributed by atoms with Crippen LogP contribution in [0.15, 0.2) is 36.0 Å². The van der Waals surface area contributed by atoms with E-state index in [2.05, 4.69) is 30.9 Å². The summed E-state index contributed by atoms with van der Waals surface area (Å²) in [6, 6.07) is 5.69. The maximum absolute atomic E-state index is 11.6. The molecule has 0 aliphatic carbocycles. The second-order valence-corrected chi connectivity index (χ2v) is 8.43. The molecular formula is C21H25N7O2S. The molecule has 0 bridgehead atoms. The molecule has 4 rings (SSSR count). The van der Waals surface area contributed by atoms with Gasteiger partial charge in [-0.15, -0.1) is 16.4 Å². The second-order valence-electron chi connectivity index (χ2n) is 7.59. The van der Waals surface area contributed by atoms with Gasteiger partial charge in [0.25, 0.3) is 0 Å². The number of hydrogen-bond acceptors (Lipinski definition) is 7. The predicted molar refractivity (Wildman–Crippen MR) is 122 cm³/mol. The molecule has 9 nitrogen and oxygen atoms in total. The summed E-state index contributed by atoms with van der Waals surface area (Å²) in [5.41, 5.74) is 1.80. The Morgan fingerprint density at radius 3 is 2.35 bits per heavy atom. The Morgan fingerprint density at radius 1 is 1.00 bits per heavy atom. The normalized spacial score (nSPS) is 10.9. The molecule has 0 saturated carbocycles. The minimum Gasteiger partial charge on any atom is -0.325 e.